The first-order valence-corrected chi connectivity index (χ1v) is 13.5. The zero-order valence-corrected chi connectivity index (χ0v) is 23.4. The fourth-order valence-electron chi connectivity index (χ4n) is 4.42. The number of carbonyl (C=O) groups excluding carboxylic acids is 1. The van der Waals surface area contributed by atoms with E-state index in [1.165, 1.54) is 23.3 Å². The second-order valence-corrected chi connectivity index (χ2v) is 9.66. The van der Waals surface area contributed by atoms with Gasteiger partial charge in [-0.2, -0.15) is 0 Å². The van der Waals surface area contributed by atoms with E-state index in [2.05, 4.69) is 43.6 Å². The molecule has 0 aromatic heterocycles. The topological polar surface area (TPSA) is 141 Å². The van der Waals surface area contributed by atoms with Gasteiger partial charge in [0.15, 0.2) is 6.10 Å². The van der Waals surface area contributed by atoms with Crippen molar-refractivity contribution in [2.24, 2.45) is 0 Å². The van der Waals surface area contributed by atoms with Gasteiger partial charge in [-0.25, -0.2) is 9.59 Å². The Morgan fingerprint density at radius 1 is 1.05 bits per heavy atom. The van der Waals surface area contributed by atoms with E-state index < -0.39 is 29.6 Å². The maximum atomic E-state index is 11.6. The van der Waals surface area contributed by atoms with Gasteiger partial charge in [0.05, 0.1) is 12.6 Å². The third kappa shape index (κ3) is 11.0. The Morgan fingerprint density at radius 3 is 2.34 bits per heavy atom. The number of carboxylic acid groups (broad SMARTS) is 1. The highest BCUT2D eigenvalue weighted by molar-refractivity contribution is 6.30. The van der Waals surface area contributed by atoms with Crippen LogP contribution in [0.25, 0.3) is 0 Å². The lowest BCUT2D eigenvalue weighted by atomic mass is 9.96. The number of rotatable bonds is 15. The zero-order valence-electron chi connectivity index (χ0n) is 22.7. The molecule has 1 fully saturated rings. The van der Waals surface area contributed by atoms with E-state index in [1.54, 1.807) is 0 Å². The number of benzene rings is 2. The van der Waals surface area contributed by atoms with Crippen molar-refractivity contribution < 1.29 is 38.8 Å². The number of hydrogen-bond acceptors (Lipinski definition) is 10. The predicted molar refractivity (Wildman–Crippen MR) is 149 cm³/mol. The number of piperazine rings is 1. The monoisotopic (exact) mass is 591 g/mol. The van der Waals surface area contributed by atoms with E-state index >= 15 is 0 Å². The Hall–Kier alpha value is -3.71. The minimum Gasteiger partial charge on any atom is -0.479 e. The maximum absolute atomic E-state index is 11.6. The van der Waals surface area contributed by atoms with Crippen molar-refractivity contribution in [2.45, 2.75) is 31.8 Å². The summed E-state index contributed by atoms with van der Waals surface area (Å²) in [5.74, 6) is -1.10. The lowest BCUT2D eigenvalue weighted by Gasteiger charge is -2.39. The van der Waals surface area contributed by atoms with E-state index in [0.717, 1.165) is 33.1 Å². The van der Waals surface area contributed by atoms with Gasteiger partial charge in [-0.3, -0.25) is 14.6 Å². The second kappa shape index (κ2) is 16.5. The van der Waals surface area contributed by atoms with Crippen LogP contribution >= 0.6 is 11.6 Å². The summed E-state index contributed by atoms with van der Waals surface area (Å²) >= 11 is 6.12. The molecule has 1 N–H and O–H groups in total. The number of hydrogen-bond donors (Lipinski definition) is 1. The molecule has 3 unspecified atom stereocenters. The molecule has 13 heteroatoms. The van der Waals surface area contributed by atoms with Crippen molar-refractivity contribution in [3.8, 4) is 0 Å². The van der Waals surface area contributed by atoms with Crippen LogP contribution in [0.5, 0.6) is 0 Å². The average Bonchev–Trinajstić information content (AvgIpc) is 2.94. The molecule has 41 heavy (non-hydrogen) atoms. The Labute approximate surface area is 243 Å². The van der Waals surface area contributed by atoms with Crippen molar-refractivity contribution >= 4 is 23.7 Å². The Morgan fingerprint density at radius 2 is 1.71 bits per heavy atom. The second-order valence-electron chi connectivity index (χ2n) is 9.22. The summed E-state index contributed by atoms with van der Waals surface area (Å²) in [7, 11) is 0. The molecule has 0 bridgehead atoms. The summed E-state index contributed by atoms with van der Waals surface area (Å²) in [4.78, 5) is 42.0. The van der Waals surface area contributed by atoms with Gasteiger partial charge in [-0.1, -0.05) is 66.2 Å². The average molecular weight is 592 g/mol. The van der Waals surface area contributed by atoms with Gasteiger partial charge in [0, 0.05) is 44.2 Å². The molecule has 0 spiro atoms. The molecule has 0 saturated carbocycles. The third-order valence-electron chi connectivity index (χ3n) is 6.39. The summed E-state index contributed by atoms with van der Waals surface area (Å²) in [5, 5.41) is 19.3. The zero-order chi connectivity index (χ0) is 29.6. The molecular formula is C28H34ClN3O9. The Kier molecular flexibility index (Phi) is 12.8. The maximum Gasteiger partial charge on any atom is 0.510 e. The first kappa shape index (κ1) is 31.8. The lowest BCUT2D eigenvalue weighted by molar-refractivity contribution is -0.777. The van der Waals surface area contributed by atoms with Crippen LogP contribution in [0.2, 0.25) is 5.02 Å². The van der Waals surface area contributed by atoms with Gasteiger partial charge in [0.25, 0.3) is 5.09 Å². The van der Waals surface area contributed by atoms with Gasteiger partial charge < -0.3 is 19.3 Å². The molecular weight excluding hydrogens is 558 g/mol. The van der Waals surface area contributed by atoms with E-state index in [4.69, 9.17) is 21.1 Å². The van der Waals surface area contributed by atoms with Crippen molar-refractivity contribution in [3.63, 3.8) is 0 Å². The minimum absolute atomic E-state index is 0.0716. The summed E-state index contributed by atoms with van der Waals surface area (Å²) < 4.78 is 14.9. The first-order chi connectivity index (χ1) is 19.7. The van der Waals surface area contributed by atoms with Gasteiger partial charge >= 0.3 is 12.1 Å². The van der Waals surface area contributed by atoms with Crippen molar-refractivity contribution in [3.05, 3.63) is 93.0 Å². The molecule has 3 atom stereocenters. The van der Waals surface area contributed by atoms with Crippen molar-refractivity contribution in [1.82, 2.24) is 9.80 Å². The van der Waals surface area contributed by atoms with Gasteiger partial charge in [-0.05, 0) is 30.2 Å². The highest BCUT2D eigenvalue weighted by Gasteiger charge is 2.26. The quantitative estimate of drug-likeness (QED) is 0.105. The van der Waals surface area contributed by atoms with Gasteiger partial charge in [0.2, 0.25) is 6.29 Å². The Balaban J connectivity index is 1.41. The fourth-order valence-corrected chi connectivity index (χ4v) is 4.55. The van der Waals surface area contributed by atoms with Crippen LogP contribution in [0.1, 0.15) is 30.5 Å². The predicted octanol–water partition coefficient (Wildman–Crippen LogP) is 4.17. The molecule has 0 aliphatic carbocycles. The highest BCUT2D eigenvalue weighted by atomic mass is 35.5. The molecule has 2 aromatic carbocycles. The summed E-state index contributed by atoms with van der Waals surface area (Å²) in [6.45, 7) is 5.11. The normalized spacial score (nSPS) is 16.5. The molecule has 12 nitrogen and oxygen atoms in total. The summed E-state index contributed by atoms with van der Waals surface area (Å²) in [6.07, 6.45) is -0.602. The summed E-state index contributed by atoms with van der Waals surface area (Å²) in [5.41, 5.74) is 2.39. The van der Waals surface area contributed by atoms with E-state index in [0.29, 0.717) is 11.6 Å². The lowest BCUT2D eigenvalue weighted by Crippen LogP contribution is -2.48. The largest absolute Gasteiger partial charge is 0.510 e. The third-order valence-corrected chi connectivity index (χ3v) is 6.64. The molecule has 3 rings (SSSR count). The van der Waals surface area contributed by atoms with Crippen molar-refractivity contribution in [1.29, 1.82) is 0 Å². The number of carbonyl (C=O) groups is 2. The SMILES string of the molecule is CC(OC(=O)OC/C=C\CC(OCCN1CCN(C(c2ccccc2)c2ccc(Cl)cc2)CC1)C(=O)O)O[N+](=O)[O-]. The van der Waals surface area contributed by atoms with E-state index in [1.807, 2.05) is 30.3 Å². The molecule has 2 aromatic rings. The highest BCUT2D eigenvalue weighted by Crippen LogP contribution is 2.30. The van der Waals surface area contributed by atoms with Crippen molar-refractivity contribution in [2.75, 3.05) is 45.9 Å². The molecule has 1 aliphatic heterocycles. The standard InChI is InChI=1S/C28H34ClN3O9/c1-21(41-32(36)37)40-28(35)39-19-6-5-9-25(27(33)34)38-20-18-30-14-16-31(17-15-30)26(22-7-3-2-4-8-22)23-10-12-24(29)13-11-23/h2-8,10-13,21,25-26H,9,14-20H2,1H3,(H,33,34)/b6-5-. The molecule has 222 valence electrons. The molecule has 1 heterocycles. The number of ether oxygens (including phenoxy) is 3. The fraction of sp³-hybridized carbons (Fsp3) is 0.429. The number of halogens is 1. The van der Waals surface area contributed by atoms with Crippen LogP contribution in [0, 0.1) is 10.1 Å². The van der Waals surface area contributed by atoms with Crippen LogP contribution in [-0.2, 0) is 23.8 Å². The van der Waals surface area contributed by atoms with Crippen LogP contribution in [0.3, 0.4) is 0 Å². The first-order valence-electron chi connectivity index (χ1n) is 13.1. The van der Waals surface area contributed by atoms with E-state index in [-0.39, 0.29) is 25.7 Å². The van der Waals surface area contributed by atoms with Crippen LogP contribution in [0.4, 0.5) is 4.79 Å². The van der Waals surface area contributed by atoms with E-state index in [9.17, 15) is 24.8 Å². The molecule has 0 amide bonds. The van der Waals surface area contributed by atoms with Crippen LogP contribution in [-0.4, -0.2) is 90.4 Å². The number of nitrogens with zero attached hydrogens (tertiary/aromatic N) is 3. The molecule has 1 saturated heterocycles. The van der Waals surface area contributed by atoms with Gasteiger partial charge in [-0.15, -0.1) is 10.1 Å². The van der Waals surface area contributed by atoms with Crippen LogP contribution < -0.4 is 0 Å². The molecule has 1 aliphatic rings. The summed E-state index contributed by atoms with van der Waals surface area (Å²) in [6, 6.07) is 18.4. The van der Waals surface area contributed by atoms with Gasteiger partial charge in [0.1, 0.15) is 6.61 Å². The molecule has 0 radical (unpaired) electrons. The van der Waals surface area contributed by atoms with Crippen LogP contribution in [0.15, 0.2) is 66.7 Å². The Bertz CT molecular complexity index is 1140. The minimum atomic E-state index is -1.41. The number of aliphatic carboxylic acids is 1. The smallest absolute Gasteiger partial charge is 0.479 e. The number of carboxylic acids is 1.